The van der Waals surface area contributed by atoms with Crippen LogP contribution in [0.3, 0.4) is 0 Å². The second-order valence-electron chi connectivity index (χ2n) is 5.52. The Balaban J connectivity index is 2.08. The molecule has 1 heterocycles. The average Bonchev–Trinajstić information content (AvgIpc) is 2.76. The lowest BCUT2D eigenvalue weighted by Gasteiger charge is -2.22. The number of aryl methyl sites for hydroxylation is 1. The van der Waals surface area contributed by atoms with Gasteiger partial charge in [0.25, 0.3) is 0 Å². The Kier molecular flexibility index (Phi) is 3.55. The highest BCUT2D eigenvalue weighted by molar-refractivity contribution is 9.10. The quantitative estimate of drug-likeness (QED) is 0.782. The van der Waals surface area contributed by atoms with Crippen LogP contribution in [-0.4, -0.2) is 10.4 Å². The van der Waals surface area contributed by atoms with E-state index in [1.165, 1.54) is 17.0 Å². The molecule has 0 N–H and O–H groups in total. The topological polar surface area (TPSA) is 22.0 Å². The number of fused-ring (bicyclic) bond motifs is 1. The Labute approximate surface area is 127 Å². The molecule has 1 aliphatic carbocycles. The zero-order chi connectivity index (χ0) is 14.3. The zero-order valence-electron chi connectivity index (χ0n) is 11.8. The van der Waals surface area contributed by atoms with Crippen molar-refractivity contribution in [3.8, 4) is 0 Å². The first-order valence-corrected chi connectivity index (χ1v) is 7.86. The van der Waals surface area contributed by atoms with Crippen LogP contribution in [-0.2, 0) is 6.42 Å². The normalized spacial score (nSPS) is 16.1. The van der Waals surface area contributed by atoms with E-state index in [-0.39, 0.29) is 6.04 Å². The molecule has 1 unspecified atom stereocenters. The molecule has 1 aliphatic rings. The molecule has 2 nitrogen and oxygen atoms in total. The third kappa shape index (κ3) is 2.24. The maximum absolute atomic E-state index is 12.0. The van der Waals surface area contributed by atoms with Crippen molar-refractivity contribution in [1.29, 1.82) is 0 Å². The molecular formula is C17H18BrNO. The highest BCUT2D eigenvalue weighted by Gasteiger charge is 2.25. The number of nitrogens with zero attached hydrogens (tertiary/aromatic N) is 1. The summed E-state index contributed by atoms with van der Waals surface area (Å²) in [6, 6.07) is 10.7. The van der Waals surface area contributed by atoms with E-state index in [1.807, 2.05) is 6.07 Å². The molecule has 0 amide bonds. The van der Waals surface area contributed by atoms with Gasteiger partial charge in [0.2, 0.25) is 0 Å². The van der Waals surface area contributed by atoms with Gasteiger partial charge >= 0.3 is 0 Å². The van der Waals surface area contributed by atoms with Gasteiger partial charge in [0, 0.05) is 27.8 Å². The molecule has 0 fully saturated rings. The molecule has 3 heteroatoms. The fourth-order valence-electron chi connectivity index (χ4n) is 3.21. The van der Waals surface area contributed by atoms with Gasteiger partial charge in [0.1, 0.15) is 0 Å². The van der Waals surface area contributed by atoms with Crippen LogP contribution >= 0.6 is 15.9 Å². The lowest BCUT2D eigenvalue weighted by molar-refractivity contribution is 0.0971. The molecule has 0 aliphatic heterocycles. The van der Waals surface area contributed by atoms with Crippen molar-refractivity contribution in [2.24, 2.45) is 0 Å². The van der Waals surface area contributed by atoms with E-state index >= 15 is 0 Å². The molecule has 3 rings (SSSR count). The first kappa shape index (κ1) is 13.6. The van der Waals surface area contributed by atoms with Crippen molar-refractivity contribution in [2.45, 2.75) is 39.2 Å². The minimum absolute atomic E-state index is 0.252. The number of aromatic nitrogens is 1. The zero-order valence-corrected chi connectivity index (χ0v) is 13.4. The summed E-state index contributed by atoms with van der Waals surface area (Å²) in [5, 5.41) is 0. The number of ketones is 1. The van der Waals surface area contributed by atoms with Crippen molar-refractivity contribution in [2.75, 3.05) is 0 Å². The Morgan fingerprint density at radius 1 is 1.25 bits per heavy atom. The van der Waals surface area contributed by atoms with Gasteiger partial charge in [-0.2, -0.15) is 0 Å². The van der Waals surface area contributed by atoms with Crippen LogP contribution in [0, 0.1) is 6.92 Å². The molecule has 1 aromatic carbocycles. The number of Topliss-reactive ketones (excluding diaryl/α,β-unsaturated/α-hetero) is 1. The number of benzene rings is 1. The SMILES string of the molecule is Cc1cc2c(n1C(C)c1cccc(Br)c1)CCCC2=O. The van der Waals surface area contributed by atoms with Gasteiger partial charge in [-0.3, -0.25) is 4.79 Å². The van der Waals surface area contributed by atoms with Gasteiger partial charge < -0.3 is 4.57 Å². The number of carbonyl (C=O) groups is 1. The van der Waals surface area contributed by atoms with E-state index in [0.717, 1.165) is 22.9 Å². The average molecular weight is 332 g/mol. The summed E-state index contributed by atoms with van der Waals surface area (Å²) < 4.78 is 3.42. The lowest BCUT2D eigenvalue weighted by atomic mass is 9.96. The molecule has 0 bridgehead atoms. The summed E-state index contributed by atoms with van der Waals surface area (Å²) in [7, 11) is 0. The van der Waals surface area contributed by atoms with Crippen LogP contribution in [0.15, 0.2) is 34.8 Å². The van der Waals surface area contributed by atoms with E-state index in [9.17, 15) is 4.79 Å². The number of halogens is 1. The third-order valence-corrected chi connectivity index (χ3v) is 4.66. The third-order valence-electron chi connectivity index (χ3n) is 4.17. The Morgan fingerprint density at radius 3 is 2.80 bits per heavy atom. The lowest BCUT2D eigenvalue weighted by Crippen LogP contribution is -2.16. The maximum Gasteiger partial charge on any atom is 0.164 e. The maximum atomic E-state index is 12.0. The largest absolute Gasteiger partial charge is 0.341 e. The van der Waals surface area contributed by atoms with Crippen LogP contribution in [0.1, 0.15) is 53.1 Å². The van der Waals surface area contributed by atoms with E-state index in [4.69, 9.17) is 0 Å². The van der Waals surface area contributed by atoms with E-state index in [2.05, 4.69) is 58.6 Å². The van der Waals surface area contributed by atoms with Crippen LogP contribution in [0.2, 0.25) is 0 Å². The smallest absolute Gasteiger partial charge is 0.164 e. The summed E-state index contributed by atoms with van der Waals surface area (Å²) in [5.41, 5.74) is 4.60. The first-order chi connectivity index (χ1) is 9.58. The van der Waals surface area contributed by atoms with E-state index < -0.39 is 0 Å². The Hall–Kier alpha value is -1.35. The fourth-order valence-corrected chi connectivity index (χ4v) is 3.62. The minimum atomic E-state index is 0.252. The van der Waals surface area contributed by atoms with Crippen LogP contribution < -0.4 is 0 Å². The van der Waals surface area contributed by atoms with Gasteiger partial charge in [-0.25, -0.2) is 0 Å². The molecule has 104 valence electrons. The number of hydrogen-bond donors (Lipinski definition) is 0. The van der Waals surface area contributed by atoms with Gasteiger partial charge in [0.05, 0.1) is 6.04 Å². The molecule has 0 saturated carbocycles. The standard InChI is InChI=1S/C17H18BrNO/c1-11-9-15-16(7-4-8-17(15)20)19(11)12(2)13-5-3-6-14(18)10-13/h3,5-6,9-10,12H,4,7-8H2,1-2H3. The number of rotatable bonds is 2. The molecule has 20 heavy (non-hydrogen) atoms. The summed E-state index contributed by atoms with van der Waals surface area (Å²) in [6.07, 6.45) is 2.68. The van der Waals surface area contributed by atoms with Crippen LogP contribution in [0.5, 0.6) is 0 Å². The molecular weight excluding hydrogens is 314 g/mol. The number of carbonyl (C=O) groups excluding carboxylic acids is 1. The van der Waals surface area contributed by atoms with E-state index in [1.54, 1.807) is 0 Å². The van der Waals surface area contributed by atoms with Crippen LogP contribution in [0.4, 0.5) is 0 Å². The van der Waals surface area contributed by atoms with E-state index in [0.29, 0.717) is 12.2 Å². The molecule has 1 atom stereocenters. The van der Waals surface area contributed by atoms with Gasteiger partial charge in [-0.05, 0) is 50.5 Å². The van der Waals surface area contributed by atoms with Gasteiger partial charge in [-0.1, -0.05) is 28.1 Å². The highest BCUT2D eigenvalue weighted by atomic mass is 79.9. The summed E-state index contributed by atoms with van der Waals surface area (Å²) in [5.74, 6) is 0.301. The molecule has 1 aromatic heterocycles. The molecule has 0 spiro atoms. The van der Waals surface area contributed by atoms with Crippen molar-refractivity contribution in [3.05, 3.63) is 57.3 Å². The summed E-state index contributed by atoms with van der Waals surface area (Å²) in [6.45, 7) is 4.30. The fraction of sp³-hybridized carbons (Fsp3) is 0.353. The summed E-state index contributed by atoms with van der Waals surface area (Å²) >= 11 is 3.53. The van der Waals surface area contributed by atoms with Crippen molar-refractivity contribution in [1.82, 2.24) is 4.57 Å². The van der Waals surface area contributed by atoms with Crippen molar-refractivity contribution >= 4 is 21.7 Å². The van der Waals surface area contributed by atoms with Crippen molar-refractivity contribution < 1.29 is 4.79 Å². The van der Waals surface area contributed by atoms with Gasteiger partial charge in [0.15, 0.2) is 5.78 Å². The van der Waals surface area contributed by atoms with Gasteiger partial charge in [-0.15, -0.1) is 0 Å². The molecule has 2 aromatic rings. The first-order valence-electron chi connectivity index (χ1n) is 7.07. The minimum Gasteiger partial charge on any atom is -0.341 e. The number of hydrogen-bond acceptors (Lipinski definition) is 1. The molecule has 0 saturated heterocycles. The summed E-state index contributed by atoms with van der Waals surface area (Å²) in [4.78, 5) is 12.0. The monoisotopic (exact) mass is 331 g/mol. The predicted octanol–water partition coefficient (Wildman–Crippen LogP) is 4.69. The molecule has 0 radical (unpaired) electrons. The second-order valence-corrected chi connectivity index (χ2v) is 6.44. The Morgan fingerprint density at radius 2 is 2.05 bits per heavy atom. The highest BCUT2D eigenvalue weighted by Crippen LogP contribution is 2.31. The Bertz CT molecular complexity index is 672. The predicted molar refractivity (Wildman–Crippen MR) is 84.4 cm³/mol. The second kappa shape index (κ2) is 5.21. The van der Waals surface area contributed by atoms with Crippen LogP contribution in [0.25, 0.3) is 0 Å². The van der Waals surface area contributed by atoms with Crippen molar-refractivity contribution in [3.63, 3.8) is 0 Å².